The second-order valence-electron chi connectivity index (χ2n) is 5.04. The van der Waals surface area contributed by atoms with E-state index >= 15 is 0 Å². The van der Waals surface area contributed by atoms with E-state index in [0.29, 0.717) is 6.54 Å². The van der Waals surface area contributed by atoms with E-state index in [9.17, 15) is 5.11 Å². The summed E-state index contributed by atoms with van der Waals surface area (Å²) in [6.45, 7) is 3.59. The van der Waals surface area contributed by atoms with Gasteiger partial charge in [-0.1, -0.05) is 51.8 Å². The molecule has 0 fully saturated rings. The van der Waals surface area contributed by atoms with Crippen LogP contribution in [0.15, 0.2) is 53.0 Å². The Balaban J connectivity index is 1.67. The molecular formula is C17H20BrNO2. The maximum Gasteiger partial charge on any atom is 0.120 e. The number of aliphatic hydroxyl groups is 1. The summed E-state index contributed by atoms with van der Waals surface area (Å²) in [5.41, 5.74) is 2.46. The van der Waals surface area contributed by atoms with Gasteiger partial charge >= 0.3 is 0 Å². The lowest BCUT2D eigenvalue weighted by atomic mass is 10.1. The Morgan fingerprint density at radius 2 is 1.95 bits per heavy atom. The molecule has 0 radical (unpaired) electrons. The lowest BCUT2D eigenvalue weighted by Crippen LogP contribution is -2.31. The lowest BCUT2D eigenvalue weighted by molar-refractivity contribution is 0.106. The molecule has 0 aromatic heterocycles. The highest BCUT2D eigenvalue weighted by Gasteiger charge is 2.05. The largest absolute Gasteiger partial charge is 0.491 e. The molecule has 0 aliphatic carbocycles. The van der Waals surface area contributed by atoms with Gasteiger partial charge in [-0.25, -0.2) is 0 Å². The molecule has 0 saturated carbocycles. The summed E-state index contributed by atoms with van der Waals surface area (Å²) >= 11 is 3.39. The van der Waals surface area contributed by atoms with Crippen LogP contribution in [0.3, 0.4) is 0 Å². The first kappa shape index (κ1) is 16.0. The fourth-order valence-electron chi connectivity index (χ4n) is 1.90. The van der Waals surface area contributed by atoms with Crippen LogP contribution in [-0.2, 0) is 6.54 Å². The van der Waals surface area contributed by atoms with E-state index in [1.807, 2.05) is 24.3 Å². The molecule has 112 valence electrons. The van der Waals surface area contributed by atoms with Gasteiger partial charge in [-0.2, -0.15) is 0 Å². The molecule has 2 aromatic rings. The highest BCUT2D eigenvalue weighted by Crippen LogP contribution is 2.17. The third-order valence-corrected chi connectivity index (χ3v) is 3.56. The third-order valence-electron chi connectivity index (χ3n) is 3.07. The van der Waals surface area contributed by atoms with Crippen LogP contribution in [0.1, 0.15) is 11.1 Å². The fourth-order valence-corrected chi connectivity index (χ4v) is 2.28. The SMILES string of the molecule is Cc1ccc(CNCC(O)COc2cccc(Br)c2)cc1. The summed E-state index contributed by atoms with van der Waals surface area (Å²) in [6.07, 6.45) is -0.533. The third kappa shape index (κ3) is 5.87. The molecule has 2 rings (SSSR count). The Labute approximate surface area is 134 Å². The number of aryl methyl sites for hydroxylation is 1. The second-order valence-corrected chi connectivity index (χ2v) is 5.95. The summed E-state index contributed by atoms with van der Waals surface area (Å²) in [4.78, 5) is 0. The number of benzene rings is 2. The van der Waals surface area contributed by atoms with Crippen molar-refractivity contribution in [2.45, 2.75) is 19.6 Å². The van der Waals surface area contributed by atoms with Crippen molar-refractivity contribution in [3.63, 3.8) is 0 Å². The molecule has 0 aliphatic heterocycles. The minimum atomic E-state index is -0.533. The topological polar surface area (TPSA) is 41.5 Å². The molecule has 0 heterocycles. The number of hydrogen-bond acceptors (Lipinski definition) is 3. The van der Waals surface area contributed by atoms with Crippen molar-refractivity contribution in [3.8, 4) is 5.75 Å². The number of nitrogens with one attached hydrogen (secondary N) is 1. The summed E-state index contributed by atoms with van der Waals surface area (Å²) in [7, 11) is 0. The van der Waals surface area contributed by atoms with Crippen molar-refractivity contribution < 1.29 is 9.84 Å². The first-order chi connectivity index (χ1) is 10.1. The predicted molar refractivity (Wildman–Crippen MR) is 88.5 cm³/mol. The highest BCUT2D eigenvalue weighted by atomic mass is 79.9. The van der Waals surface area contributed by atoms with Gasteiger partial charge in [0.2, 0.25) is 0 Å². The van der Waals surface area contributed by atoms with Gasteiger partial charge in [0.05, 0.1) is 0 Å². The first-order valence-corrected chi connectivity index (χ1v) is 7.75. The maximum absolute atomic E-state index is 9.90. The van der Waals surface area contributed by atoms with Crippen LogP contribution in [0.4, 0.5) is 0 Å². The zero-order chi connectivity index (χ0) is 15.1. The van der Waals surface area contributed by atoms with E-state index in [1.54, 1.807) is 0 Å². The number of halogens is 1. The van der Waals surface area contributed by atoms with Crippen molar-refractivity contribution in [3.05, 3.63) is 64.1 Å². The molecular weight excluding hydrogens is 330 g/mol. The summed E-state index contributed by atoms with van der Waals surface area (Å²) in [5.74, 6) is 0.752. The first-order valence-electron chi connectivity index (χ1n) is 6.96. The number of ether oxygens (including phenoxy) is 1. The van der Waals surface area contributed by atoms with Crippen LogP contribution < -0.4 is 10.1 Å². The van der Waals surface area contributed by atoms with Gasteiger partial charge in [-0.05, 0) is 30.7 Å². The van der Waals surface area contributed by atoms with Gasteiger partial charge in [0.15, 0.2) is 0 Å². The van der Waals surface area contributed by atoms with Crippen molar-refractivity contribution in [1.82, 2.24) is 5.32 Å². The van der Waals surface area contributed by atoms with E-state index < -0.39 is 6.10 Å². The molecule has 1 unspecified atom stereocenters. The Morgan fingerprint density at radius 3 is 2.67 bits per heavy atom. The van der Waals surface area contributed by atoms with Gasteiger partial charge in [0, 0.05) is 17.6 Å². The van der Waals surface area contributed by atoms with Crippen molar-refractivity contribution in [2.75, 3.05) is 13.2 Å². The second kappa shape index (κ2) is 8.17. The average molecular weight is 350 g/mol. The van der Waals surface area contributed by atoms with Crippen LogP contribution in [-0.4, -0.2) is 24.4 Å². The molecule has 3 nitrogen and oxygen atoms in total. The van der Waals surface area contributed by atoms with Crippen molar-refractivity contribution in [1.29, 1.82) is 0 Å². The van der Waals surface area contributed by atoms with Gasteiger partial charge < -0.3 is 15.2 Å². The lowest BCUT2D eigenvalue weighted by Gasteiger charge is -2.13. The molecule has 2 aromatic carbocycles. The zero-order valence-corrected chi connectivity index (χ0v) is 13.6. The van der Waals surface area contributed by atoms with Crippen molar-refractivity contribution in [2.24, 2.45) is 0 Å². The van der Waals surface area contributed by atoms with Crippen LogP contribution in [0.2, 0.25) is 0 Å². The smallest absolute Gasteiger partial charge is 0.120 e. The molecule has 0 amide bonds. The summed E-state index contributed by atoms with van der Waals surface area (Å²) in [6, 6.07) is 15.9. The van der Waals surface area contributed by atoms with Crippen LogP contribution in [0, 0.1) is 6.92 Å². The molecule has 2 N–H and O–H groups in total. The van der Waals surface area contributed by atoms with Crippen molar-refractivity contribution >= 4 is 15.9 Å². The Morgan fingerprint density at radius 1 is 1.19 bits per heavy atom. The highest BCUT2D eigenvalue weighted by molar-refractivity contribution is 9.10. The predicted octanol–water partition coefficient (Wildman–Crippen LogP) is 3.29. The fraction of sp³-hybridized carbons (Fsp3) is 0.294. The molecule has 0 bridgehead atoms. The van der Waals surface area contributed by atoms with Gasteiger partial charge in [-0.15, -0.1) is 0 Å². The zero-order valence-electron chi connectivity index (χ0n) is 12.1. The van der Waals surface area contributed by atoms with Crippen LogP contribution in [0.5, 0.6) is 5.75 Å². The molecule has 1 atom stereocenters. The minimum absolute atomic E-state index is 0.275. The van der Waals surface area contributed by atoms with E-state index in [0.717, 1.165) is 16.8 Å². The summed E-state index contributed by atoms with van der Waals surface area (Å²) < 4.78 is 6.51. The monoisotopic (exact) mass is 349 g/mol. The molecule has 0 aliphatic rings. The maximum atomic E-state index is 9.90. The van der Waals surface area contributed by atoms with E-state index in [-0.39, 0.29) is 6.61 Å². The number of rotatable bonds is 7. The quantitative estimate of drug-likeness (QED) is 0.805. The molecule has 0 spiro atoms. The molecule has 0 saturated heterocycles. The van der Waals surface area contributed by atoms with Gasteiger partial charge in [0.25, 0.3) is 0 Å². The van der Waals surface area contributed by atoms with Gasteiger partial charge in [-0.3, -0.25) is 0 Å². The Hall–Kier alpha value is -1.36. The Bertz CT molecular complexity index is 557. The van der Waals surface area contributed by atoms with E-state index in [4.69, 9.17) is 4.74 Å². The van der Waals surface area contributed by atoms with Gasteiger partial charge in [0.1, 0.15) is 18.5 Å². The van der Waals surface area contributed by atoms with E-state index in [2.05, 4.69) is 52.4 Å². The molecule has 21 heavy (non-hydrogen) atoms. The number of aliphatic hydroxyl groups excluding tert-OH is 1. The number of hydrogen-bond donors (Lipinski definition) is 2. The average Bonchev–Trinajstić information content (AvgIpc) is 2.47. The standard InChI is InChI=1S/C17H20BrNO2/c1-13-5-7-14(8-6-13)10-19-11-16(20)12-21-17-4-2-3-15(18)9-17/h2-9,16,19-20H,10-12H2,1H3. The van der Waals surface area contributed by atoms with E-state index in [1.165, 1.54) is 11.1 Å². The van der Waals surface area contributed by atoms with Crippen LogP contribution in [0.25, 0.3) is 0 Å². The van der Waals surface area contributed by atoms with Crippen LogP contribution >= 0.6 is 15.9 Å². The summed E-state index contributed by atoms with van der Waals surface area (Å²) in [5, 5.41) is 13.1. The normalized spacial score (nSPS) is 12.1. The molecule has 4 heteroatoms. The Kier molecular flexibility index (Phi) is 6.23. The minimum Gasteiger partial charge on any atom is -0.491 e.